The highest BCUT2D eigenvalue weighted by atomic mass is 15.5. The Morgan fingerprint density at radius 2 is 2.14 bits per heavy atom. The molecule has 1 unspecified atom stereocenters. The van der Waals surface area contributed by atoms with Gasteiger partial charge in [0.15, 0.2) is 5.82 Å². The van der Waals surface area contributed by atoms with E-state index in [1.54, 1.807) is 4.68 Å². The molecule has 1 aromatic carbocycles. The second-order valence-corrected chi connectivity index (χ2v) is 5.76. The fourth-order valence-corrected chi connectivity index (χ4v) is 2.82. The lowest BCUT2D eigenvalue weighted by molar-refractivity contribution is 0.348. The van der Waals surface area contributed by atoms with Crippen molar-refractivity contribution < 1.29 is 0 Å². The second kappa shape index (κ2) is 6.22. The standard InChI is InChI=1S/C15H22N6/c1-12-17-18-19-21(12)15-7-3-5-14(11-15)16-13-6-4-9-20(2)10-8-13/h3,5,7,11,13,16H,4,6,8-10H2,1-2H3. The van der Waals surface area contributed by atoms with Gasteiger partial charge in [-0.05, 0) is 74.9 Å². The van der Waals surface area contributed by atoms with Crippen LogP contribution < -0.4 is 5.32 Å². The second-order valence-electron chi connectivity index (χ2n) is 5.76. The highest BCUT2D eigenvalue weighted by Crippen LogP contribution is 2.19. The summed E-state index contributed by atoms with van der Waals surface area (Å²) in [4.78, 5) is 2.41. The van der Waals surface area contributed by atoms with Crippen molar-refractivity contribution in [2.75, 3.05) is 25.5 Å². The largest absolute Gasteiger partial charge is 0.382 e. The zero-order chi connectivity index (χ0) is 14.7. The number of rotatable bonds is 3. The molecule has 2 heterocycles. The van der Waals surface area contributed by atoms with Gasteiger partial charge in [0.05, 0.1) is 5.69 Å². The van der Waals surface area contributed by atoms with E-state index in [0.29, 0.717) is 6.04 Å². The highest BCUT2D eigenvalue weighted by molar-refractivity contribution is 5.51. The van der Waals surface area contributed by atoms with E-state index in [1.807, 2.05) is 19.1 Å². The molecule has 6 nitrogen and oxygen atoms in total. The van der Waals surface area contributed by atoms with Crippen molar-refractivity contribution in [2.24, 2.45) is 0 Å². The molecule has 1 aromatic heterocycles. The molecule has 1 fully saturated rings. The number of aromatic nitrogens is 4. The van der Waals surface area contributed by atoms with E-state index in [4.69, 9.17) is 0 Å². The number of tetrazole rings is 1. The van der Waals surface area contributed by atoms with Crippen molar-refractivity contribution in [3.63, 3.8) is 0 Å². The van der Waals surface area contributed by atoms with Crippen LogP contribution in [0.1, 0.15) is 25.1 Å². The summed E-state index contributed by atoms with van der Waals surface area (Å²) in [5, 5.41) is 15.3. The predicted molar refractivity (Wildman–Crippen MR) is 82.6 cm³/mol. The average Bonchev–Trinajstić information content (AvgIpc) is 2.80. The minimum Gasteiger partial charge on any atom is -0.382 e. The number of hydrogen-bond acceptors (Lipinski definition) is 5. The van der Waals surface area contributed by atoms with Gasteiger partial charge in [0, 0.05) is 11.7 Å². The van der Waals surface area contributed by atoms with E-state index < -0.39 is 0 Å². The first-order chi connectivity index (χ1) is 10.2. The first kappa shape index (κ1) is 14.0. The van der Waals surface area contributed by atoms with E-state index in [0.717, 1.165) is 23.7 Å². The Hall–Kier alpha value is -1.95. The van der Waals surface area contributed by atoms with Crippen LogP contribution in [0, 0.1) is 6.92 Å². The zero-order valence-corrected chi connectivity index (χ0v) is 12.7. The van der Waals surface area contributed by atoms with Crippen molar-refractivity contribution in [1.29, 1.82) is 0 Å². The summed E-state index contributed by atoms with van der Waals surface area (Å²) in [6.07, 6.45) is 3.66. The summed E-state index contributed by atoms with van der Waals surface area (Å²) in [7, 11) is 2.20. The normalized spacial score (nSPS) is 20.2. The molecule has 1 aliphatic heterocycles. The Morgan fingerprint density at radius 3 is 2.95 bits per heavy atom. The van der Waals surface area contributed by atoms with Gasteiger partial charge in [-0.1, -0.05) is 6.07 Å². The fraction of sp³-hybridized carbons (Fsp3) is 0.533. The fourth-order valence-electron chi connectivity index (χ4n) is 2.82. The molecule has 1 saturated heterocycles. The monoisotopic (exact) mass is 286 g/mol. The van der Waals surface area contributed by atoms with Crippen LogP contribution in [0.3, 0.4) is 0 Å². The van der Waals surface area contributed by atoms with Crippen molar-refractivity contribution in [2.45, 2.75) is 32.2 Å². The molecule has 1 atom stereocenters. The first-order valence-corrected chi connectivity index (χ1v) is 7.53. The maximum Gasteiger partial charge on any atom is 0.153 e. The number of hydrogen-bond donors (Lipinski definition) is 1. The van der Waals surface area contributed by atoms with E-state index in [1.165, 1.54) is 25.8 Å². The molecule has 0 amide bonds. The molecule has 0 spiro atoms. The minimum absolute atomic E-state index is 0.542. The third kappa shape index (κ3) is 3.39. The van der Waals surface area contributed by atoms with E-state index in [-0.39, 0.29) is 0 Å². The lowest BCUT2D eigenvalue weighted by Crippen LogP contribution is -2.23. The number of benzene rings is 1. The maximum absolute atomic E-state index is 4.02. The van der Waals surface area contributed by atoms with Crippen LogP contribution in [0.2, 0.25) is 0 Å². The molecule has 0 bridgehead atoms. The third-order valence-corrected chi connectivity index (χ3v) is 4.04. The van der Waals surface area contributed by atoms with Gasteiger partial charge in [-0.25, -0.2) is 0 Å². The number of anilines is 1. The molecule has 0 radical (unpaired) electrons. The van der Waals surface area contributed by atoms with Crippen molar-refractivity contribution in [1.82, 2.24) is 25.1 Å². The van der Waals surface area contributed by atoms with Crippen LogP contribution in [0.4, 0.5) is 5.69 Å². The average molecular weight is 286 g/mol. The topological polar surface area (TPSA) is 58.9 Å². The van der Waals surface area contributed by atoms with Crippen LogP contribution in [0.15, 0.2) is 24.3 Å². The lowest BCUT2D eigenvalue weighted by Gasteiger charge is -2.18. The molecule has 3 rings (SSSR count). The lowest BCUT2D eigenvalue weighted by atomic mass is 10.1. The number of nitrogens with zero attached hydrogens (tertiary/aromatic N) is 5. The Bertz CT molecular complexity index is 593. The van der Waals surface area contributed by atoms with E-state index >= 15 is 0 Å². The first-order valence-electron chi connectivity index (χ1n) is 7.53. The number of aryl methyl sites for hydroxylation is 1. The van der Waals surface area contributed by atoms with E-state index in [2.05, 4.69) is 44.9 Å². The molecule has 6 heteroatoms. The quantitative estimate of drug-likeness (QED) is 0.933. The van der Waals surface area contributed by atoms with Gasteiger partial charge in [0.25, 0.3) is 0 Å². The SMILES string of the molecule is Cc1nnnn1-c1cccc(NC2CCCN(C)CC2)c1. The van der Waals surface area contributed by atoms with Gasteiger partial charge < -0.3 is 10.2 Å². The van der Waals surface area contributed by atoms with Gasteiger partial charge in [0.2, 0.25) is 0 Å². The van der Waals surface area contributed by atoms with Gasteiger partial charge in [-0.15, -0.1) is 5.10 Å². The highest BCUT2D eigenvalue weighted by Gasteiger charge is 2.14. The number of nitrogens with one attached hydrogen (secondary N) is 1. The number of likely N-dealkylation sites (tertiary alicyclic amines) is 1. The summed E-state index contributed by atoms with van der Waals surface area (Å²) in [6.45, 7) is 4.26. The molecule has 0 aliphatic carbocycles. The van der Waals surface area contributed by atoms with Gasteiger partial charge in [-0.3, -0.25) is 0 Å². The molecular weight excluding hydrogens is 264 g/mol. The van der Waals surface area contributed by atoms with E-state index in [9.17, 15) is 0 Å². The summed E-state index contributed by atoms with van der Waals surface area (Å²) >= 11 is 0. The molecule has 2 aromatic rings. The Labute approximate surface area is 125 Å². The summed E-state index contributed by atoms with van der Waals surface area (Å²) in [6, 6.07) is 8.83. The zero-order valence-electron chi connectivity index (χ0n) is 12.7. The molecule has 1 N–H and O–H groups in total. The van der Waals surface area contributed by atoms with Gasteiger partial charge in [-0.2, -0.15) is 4.68 Å². The van der Waals surface area contributed by atoms with Crippen molar-refractivity contribution >= 4 is 5.69 Å². The van der Waals surface area contributed by atoms with Gasteiger partial charge >= 0.3 is 0 Å². The predicted octanol–water partition coefficient (Wildman–Crippen LogP) is 1.87. The molecule has 21 heavy (non-hydrogen) atoms. The summed E-state index contributed by atoms with van der Waals surface area (Å²) in [5.41, 5.74) is 2.13. The minimum atomic E-state index is 0.542. The molecule has 112 valence electrons. The Morgan fingerprint density at radius 1 is 1.24 bits per heavy atom. The van der Waals surface area contributed by atoms with Crippen LogP contribution in [-0.2, 0) is 0 Å². The van der Waals surface area contributed by atoms with Gasteiger partial charge in [0.1, 0.15) is 0 Å². The van der Waals surface area contributed by atoms with Crippen molar-refractivity contribution in [3.8, 4) is 5.69 Å². The summed E-state index contributed by atoms with van der Waals surface area (Å²) < 4.78 is 1.76. The Balaban J connectivity index is 1.73. The van der Waals surface area contributed by atoms with Crippen LogP contribution in [-0.4, -0.2) is 51.3 Å². The summed E-state index contributed by atoms with van der Waals surface area (Å²) in [5.74, 6) is 0.795. The third-order valence-electron chi connectivity index (χ3n) is 4.04. The maximum atomic E-state index is 4.02. The van der Waals surface area contributed by atoms with Crippen LogP contribution >= 0.6 is 0 Å². The molecular formula is C15H22N6. The van der Waals surface area contributed by atoms with Crippen LogP contribution in [0.25, 0.3) is 5.69 Å². The van der Waals surface area contributed by atoms with Crippen molar-refractivity contribution in [3.05, 3.63) is 30.1 Å². The molecule has 0 saturated carbocycles. The molecule has 1 aliphatic rings. The Kier molecular flexibility index (Phi) is 4.15. The van der Waals surface area contributed by atoms with Crippen LogP contribution in [0.5, 0.6) is 0 Å². The smallest absolute Gasteiger partial charge is 0.153 e.